The van der Waals surface area contributed by atoms with Crippen LogP contribution < -0.4 is 11.1 Å². The Morgan fingerprint density at radius 3 is 2.65 bits per heavy atom. The van der Waals surface area contributed by atoms with Crippen LogP contribution in [0.15, 0.2) is 51.7 Å². The standard InChI is InChI=1S/C17H14ClN3O5/c18-12-3-1-11(2-4-12)7-8-19-16(22)10-20-14-9-13(21(24)25)5-6-15(14)26-17(20)23/h1-6,9H,7-8,10H2,(H,19,22). The molecule has 0 unspecified atom stereocenters. The van der Waals surface area contributed by atoms with Crippen LogP contribution in [0.2, 0.25) is 5.02 Å². The smallest absolute Gasteiger partial charge is 0.408 e. The number of halogens is 1. The molecule has 1 amide bonds. The molecule has 0 aliphatic rings. The van der Waals surface area contributed by atoms with E-state index in [-0.39, 0.29) is 23.3 Å². The quantitative estimate of drug-likeness (QED) is 0.526. The maximum Gasteiger partial charge on any atom is 0.420 e. The predicted octanol–water partition coefficient (Wildman–Crippen LogP) is 2.52. The molecule has 9 heteroatoms. The molecular formula is C17H14ClN3O5. The summed E-state index contributed by atoms with van der Waals surface area (Å²) in [5.41, 5.74) is 1.22. The molecule has 0 saturated heterocycles. The number of nitrogens with one attached hydrogen (secondary N) is 1. The molecule has 0 fully saturated rings. The van der Waals surface area contributed by atoms with Crippen molar-refractivity contribution >= 4 is 34.3 Å². The number of fused-ring (bicyclic) bond motifs is 1. The Hall–Kier alpha value is -3.13. The van der Waals surface area contributed by atoms with E-state index in [1.807, 2.05) is 12.1 Å². The van der Waals surface area contributed by atoms with Crippen LogP contribution in [0.25, 0.3) is 11.1 Å². The maximum absolute atomic E-state index is 12.1. The Balaban J connectivity index is 1.67. The average molecular weight is 376 g/mol. The summed E-state index contributed by atoms with van der Waals surface area (Å²) in [6.07, 6.45) is 0.607. The number of oxazole rings is 1. The number of nitrogens with zero attached hydrogens (tertiary/aromatic N) is 2. The molecule has 0 saturated carbocycles. The molecule has 0 spiro atoms. The van der Waals surface area contributed by atoms with Crippen molar-refractivity contribution in [3.8, 4) is 0 Å². The van der Waals surface area contributed by atoms with Gasteiger partial charge in [0.15, 0.2) is 5.58 Å². The summed E-state index contributed by atoms with van der Waals surface area (Å²) in [7, 11) is 0. The lowest BCUT2D eigenvalue weighted by atomic mass is 10.1. The molecule has 0 atom stereocenters. The van der Waals surface area contributed by atoms with Crippen molar-refractivity contribution in [1.29, 1.82) is 0 Å². The number of carbonyl (C=O) groups is 1. The van der Waals surface area contributed by atoms with E-state index >= 15 is 0 Å². The van der Waals surface area contributed by atoms with E-state index in [1.54, 1.807) is 12.1 Å². The summed E-state index contributed by atoms with van der Waals surface area (Å²) in [6.45, 7) is 0.0960. The van der Waals surface area contributed by atoms with E-state index < -0.39 is 16.6 Å². The van der Waals surface area contributed by atoms with E-state index in [2.05, 4.69) is 5.32 Å². The average Bonchev–Trinajstić information content (AvgIpc) is 2.91. The van der Waals surface area contributed by atoms with Gasteiger partial charge in [0.25, 0.3) is 5.69 Å². The fraction of sp³-hybridized carbons (Fsp3) is 0.176. The highest BCUT2D eigenvalue weighted by Crippen LogP contribution is 2.20. The number of hydrogen-bond acceptors (Lipinski definition) is 5. The summed E-state index contributed by atoms with van der Waals surface area (Å²) < 4.78 is 6.08. The van der Waals surface area contributed by atoms with Gasteiger partial charge in [-0.15, -0.1) is 0 Å². The predicted molar refractivity (Wildman–Crippen MR) is 95.3 cm³/mol. The Kier molecular flexibility index (Phi) is 5.04. The molecule has 0 radical (unpaired) electrons. The normalized spacial score (nSPS) is 10.8. The maximum atomic E-state index is 12.1. The van der Waals surface area contributed by atoms with Gasteiger partial charge in [-0.25, -0.2) is 4.79 Å². The van der Waals surface area contributed by atoms with Crippen molar-refractivity contribution < 1.29 is 14.1 Å². The largest absolute Gasteiger partial charge is 0.420 e. The number of non-ortho nitro benzene ring substituents is 1. The molecule has 0 aliphatic carbocycles. The lowest BCUT2D eigenvalue weighted by Crippen LogP contribution is -2.32. The number of aromatic nitrogens is 1. The van der Waals surface area contributed by atoms with Crippen LogP contribution in [0, 0.1) is 10.1 Å². The SMILES string of the molecule is O=C(Cn1c(=O)oc2ccc([N+](=O)[O-])cc21)NCCc1ccc(Cl)cc1. The second-order valence-electron chi connectivity index (χ2n) is 5.59. The molecule has 0 aliphatic heterocycles. The van der Waals surface area contributed by atoms with Crippen LogP contribution >= 0.6 is 11.6 Å². The topological polar surface area (TPSA) is 107 Å². The second kappa shape index (κ2) is 7.40. The lowest BCUT2D eigenvalue weighted by Gasteiger charge is -2.06. The van der Waals surface area contributed by atoms with Crippen molar-refractivity contribution in [2.24, 2.45) is 0 Å². The van der Waals surface area contributed by atoms with Gasteiger partial charge in [0.1, 0.15) is 6.54 Å². The van der Waals surface area contributed by atoms with Gasteiger partial charge < -0.3 is 9.73 Å². The highest BCUT2D eigenvalue weighted by atomic mass is 35.5. The van der Waals surface area contributed by atoms with E-state index in [0.29, 0.717) is 18.0 Å². The van der Waals surface area contributed by atoms with Gasteiger partial charge in [-0.3, -0.25) is 19.5 Å². The number of nitro benzene ring substituents is 1. The molecule has 1 aromatic heterocycles. The Labute approximate surface area is 152 Å². The van der Waals surface area contributed by atoms with Crippen LogP contribution in [0.1, 0.15) is 5.56 Å². The highest BCUT2D eigenvalue weighted by molar-refractivity contribution is 6.30. The molecule has 0 bridgehead atoms. The summed E-state index contributed by atoms with van der Waals surface area (Å²) in [5.74, 6) is -1.14. The molecule has 2 aromatic carbocycles. The van der Waals surface area contributed by atoms with Crippen LogP contribution in [0.5, 0.6) is 0 Å². The number of rotatable bonds is 6. The summed E-state index contributed by atoms with van der Waals surface area (Å²) in [6, 6.07) is 11.0. The molecule has 8 nitrogen and oxygen atoms in total. The molecule has 3 aromatic rings. The van der Waals surface area contributed by atoms with Crippen LogP contribution in [-0.2, 0) is 17.8 Å². The fourth-order valence-corrected chi connectivity index (χ4v) is 2.64. The van der Waals surface area contributed by atoms with E-state index in [1.165, 1.54) is 18.2 Å². The van der Waals surface area contributed by atoms with Gasteiger partial charge in [0.2, 0.25) is 5.91 Å². The van der Waals surface area contributed by atoms with Crippen molar-refractivity contribution in [2.45, 2.75) is 13.0 Å². The third-order valence-electron chi connectivity index (χ3n) is 3.81. The van der Waals surface area contributed by atoms with E-state index in [9.17, 15) is 19.7 Å². The van der Waals surface area contributed by atoms with Gasteiger partial charge in [-0.2, -0.15) is 0 Å². The monoisotopic (exact) mass is 375 g/mol. The third-order valence-corrected chi connectivity index (χ3v) is 4.06. The summed E-state index contributed by atoms with van der Waals surface area (Å²) in [4.78, 5) is 34.3. The molecular weight excluding hydrogens is 362 g/mol. The third kappa shape index (κ3) is 3.92. The van der Waals surface area contributed by atoms with E-state index in [0.717, 1.165) is 10.1 Å². The summed E-state index contributed by atoms with van der Waals surface area (Å²) in [5, 5.41) is 14.2. The molecule has 1 heterocycles. The summed E-state index contributed by atoms with van der Waals surface area (Å²) >= 11 is 5.82. The van der Waals surface area contributed by atoms with Gasteiger partial charge >= 0.3 is 5.76 Å². The van der Waals surface area contributed by atoms with Crippen molar-refractivity contribution in [3.05, 3.63) is 73.7 Å². The molecule has 1 N–H and O–H groups in total. The number of nitro groups is 1. The molecule has 26 heavy (non-hydrogen) atoms. The Morgan fingerprint density at radius 2 is 1.96 bits per heavy atom. The van der Waals surface area contributed by atoms with E-state index in [4.69, 9.17) is 16.0 Å². The molecule has 134 valence electrons. The van der Waals surface area contributed by atoms with Gasteiger partial charge in [0, 0.05) is 23.7 Å². The zero-order valence-electron chi connectivity index (χ0n) is 13.5. The number of hydrogen-bond donors (Lipinski definition) is 1. The van der Waals surface area contributed by atoms with Gasteiger partial charge in [-0.05, 0) is 30.2 Å². The second-order valence-corrected chi connectivity index (χ2v) is 6.03. The minimum absolute atomic E-state index is 0.185. The fourth-order valence-electron chi connectivity index (χ4n) is 2.51. The Bertz CT molecular complexity index is 1020. The lowest BCUT2D eigenvalue weighted by molar-refractivity contribution is -0.384. The first-order chi connectivity index (χ1) is 12.4. The number of carbonyl (C=O) groups excluding carboxylic acids is 1. The first-order valence-corrected chi connectivity index (χ1v) is 8.11. The first kappa shape index (κ1) is 17.7. The highest BCUT2D eigenvalue weighted by Gasteiger charge is 2.16. The molecule has 3 rings (SSSR count). The minimum atomic E-state index is -0.742. The van der Waals surface area contributed by atoms with Crippen molar-refractivity contribution in [1.82, 2.24) is 9.88 Å². The van der Waals surface area contributed by atoms with Crippen LogP contribution in [-0.4, -0.2) is 21.9 Å². The zero-order valence-corrected chi connectivity index (χ0v) is 14.2. The van der Waals surface area contributed by atoms with Crippen LogP contribution in [0.3, 0.4) is 0 Å². The number of amides is 1. The van der Waals surface area contributed by atoms with Crippen molar-refractivity contribution in [3.63, 3.8) is 0 Å². The van der Waals surface area contributed by atoms with Gasteiger partial charge in [-0.1, -0.05) is 23.7 Å². The first-order valence-electron chi connectivity index (χ1n) is 7.73. The van der Waals surface area contributed by atoms with Crippen LogP contribution in [0.4, 0.5) is 5.69 Å². The van der Waals surface area contributed by atoms with Crippen molar-refractivity contribution in [2.75, 3.05) is 6.54 Å². The zero-order chi connectivity index (χ0) is 18.7. The Morgan fingerprint density at radius 1 is 1.23 bits per heavy atom. The minimum Gasteiger partial charge on any atom is -0.408 e. The number of benzene rings is 2. The van der Waals surface area contributed by atoms with Gasteiger partial charge in [0.05, 0.1) is 10.4 Å².